The lowest BCUT2D eigenvalue weighted by Gasteiger charge is -2.11. The van der Waals surface area contributed by atoms with Gasteiger partial charge in [0.05, 0.1) is 6.54 Å². The van der Waals surface area contributed by atoms with Crippen LogP contribution < -0.4 is 0 Å². The molecule has 0 aromatic heterocycles. The van der Waals surface area contributed by atoms with Crippen molar-refractivity contribution in [2.24, 2.45) is 0 Å². The minimum absolute atomic E-state index is 0.238. The Kier molecular flexibility index (Phi) is 1.88. The van der Waals surface area contributed by atoms with Crippen LogP contribution in [0.1, 0.15) is 13.3 Å². The smallest absolute Gasteiger partial charge is 0.149 e. The molecular formula is C7H11NO. The number of rotatable bonds is 2. The fraction of sp³-hybridized carbons (Fsp3) is 0.571. The molecule has 0 saturated carbocycles. The van der Waals surface area contributed by atoms with Gasteiger partial charge in [-0.15, -0.1) is 0 Å². The molecule has 0 bridgehead atoms. The van der Waals surface area contributed by atoms with E-state index in [9.17, 15) is 4.79 Å². The standard InChI is InChI=1S/C7H11NO/c1-7(9)6-8-4-2-3-5-8/h2,4H,3,5-6H2,1H3. The van der Waals surface area contributed by atoms with Crippen molar-refractivity contribution >= 4 is 5.78 Å². The number of nitrogens with zero attached hydrogens (tertiary/aromatic N) is 1. The lowest BCUT2D eigenvalue weighted by molar-refractivity contribution is -0.117. The predicted molar refractivity (Wildman–Crippen MR) is 36.0 cm³/mol. The van der Waals surface area contributed by atoms with E-state index in [1.807, 2.05) is 11.1 Å². The van der Waals surface area contributed by atoms with Crippen molar-refractivity contribution in [1.82, 2.24) is 4.90 Å². The lowest BCUT2D eigenvalue weighted by atomic mass is 10.4. The molecule has 0 aliphatic carbocycles. The van der Waals surface area contributed by atoms with Gasteiger partial charge in [0, 0.05) is 6.54 Å². The third-order valence-corrected chi connectivity index (χ3v) is 1.32. The summed E-state index contributed by atoms with van der Waals surface area (Å²) in [5, 5.41) is 0. The van der Waals surface area contributed by atoms with Crippen molar-refractivity contribution in [2.75, 3.05) is 13.1 Å². The topological polar surface area (TPSA) is 20.3 Å². The first kappa shape index (κ1) is 6.33. The molecule has 0 saturated heterocycles. The largest absolute Gasteiger partial charge is 0.370 e. The number of carbonyl (C=O) groups is 1. The van der Waals surface area contributed by atoms with Crippen LogP contribution in [-0.2, 0) is 4.79 Å². The Morgan fingerprint density at radius 3 is 3.00 bits per heavy atom. The van der Waals surface area contributed by atoms with E-state index in [1.165, 1.54) is 0 Å². The van der Waals surface area contributed by atoms with Gasteiger partial charge in [-0.3, -0.25) is 4.79 Å². The molecule has 1 rings (SSSR count). The van der Waals surface area contributed by atoms with Crippen LogP contribution >= 0.6 is 0 Å². The molecule has 1 heterocycles. The first-order chi connectivity index (χ1) is 4.29. The minimum Gasteiger partial charge on any atom is -0.370 e. The van der Waals surface area contributed by atoms with Gasteiger partial charge in [-0.05, 0) is 19.5 Å². The Morgan fingerprint density at radius 2 is 2.56 bits per heavy atom. The first-order valence-corrected chi connectivity index (χ1v) is 3.19. The van der Waals surface area contributed by atoms with Crippen LogP contribution in [0.25, 0.3) is 0 Å². The van der Waals surface area contributed by atoms with Gasteiger partial charge in [0.1, 0.15) is 5.78 Å². The summed E-state index contributed by atoms with van der Waals surface area (Å²) >= 11 is 0. The molecule has 0 aromatic carbocycles. The van der Waals surface area contributed by atoms with E-state index < -0.39 is 0 Å². The number of hydrogen-bond acceptors (Lipinski definition) is 2. The maximum atomic E-state index is 10.5. The van der Waals surface area contributed by atoms with Gasteiger partial charge in [0.15, 0.2) is 0 Å². The number of Topliss-reactive ketones (excluding diaryl/α,β-unsaturated/α-hetero) is 1. The monoisotopic (exact) mass is 125 g/mol. The van der Waals surface area contributed by atoms with E-state index >= 15 is 0 Å². The van der Waals surface area contributed by atoms with Crippen LogP contribution in [0.2, 0.25) is 0 Å². The predicted octanol–water partition coefficient (Wildman–Crippen LogP) is 0.795. The van der Waals surface area contributed by atoms with Crippen molar-refractivity contribution in [3.63, 3.8) is 0 Å². The molecule has 0 atom stereocenters. The Balaban J connectivity index is 2.28. The normalized spacial score (nSPS) is 16.8. The molecule has 2 heteroatoms. The summed E-state index contributed by atoms with van der Waals surface area (Å²) in [5.74, 6) is 0.238. The summed E-state index contributed by atoms with van der Waals surface area (Å²) in [7, 11) is 0. The van der Waals surface area contributed by atoms with Crippen LogP contribution in [-0.4, -0.2) is 23.8 Å². The second-order valence-corrected chi connectivity index (χ2v) is 2.35. The lowest BCUT2D eigenvalue weighted by Crippen LogP contribution is -2.20. The second-order valence-electron chi connectivity index (χ2n) is 2.35. The van der Waals surface area contributed by atoms with E-state index in [4.69, 9.17) is 0 Å². The highest BCUT2D eigenvalue weighted by molar-refractivity contribution is 5.77. The summed E-state index contributed by atoms with van der Waals surface area (Å²) in [6, 6.07) is 0. The first-order valence-electron chi connectivity index (χ1n) is 3.19. The SMILES string of the molecule is CC(=O)CN1C=CCC1. The molecule has 0 fully saturated rings. The van der Waals surface area contributed by atoms with Crippen molar-refractivity contribution in [1.29, 1.82) is 0 Å². The molecule has 50 valence electrons. The average Bonchev–Trinajstić information content (AvgIpc) is 2.15. The fourth-order valence-corrected chi connectivity index (χ4v) is 0.956. The van der Waals surface area contributed by atoms with E-state index in [0.717, 1.165) is 13.0 Å². The maximum absolute atomic E-state index is 10.5. The summed E-state index contributed by atoms with van der Waals surface area (Å²) in [6.45, 7) is 3.21. The second kappa shape index (κ2) is 2.67. The Hall–Kier alpha value is -0.790. The zero-order valence-corrected chi connectivity index (χ0v) is 5.63. The summed E-state index contributed by atoms with van der Waals surface area (Å²) in [6.07, 6.45) is 5.16. The van der Waals surface area contributed by atoms with Crippen LogP contribution in [0, 0.1) is 0 Å². The number of hydrogen-bond donors (Lipinski definition) is 0. The van der Waals surface area contributed by atoms with E-state index in [0.29, 0.717) is 6.54 Å². The highest BCUT2D eigenvalue weighted by Gasteiger charge is 2.04. The molecule has 0 aromatic rings. The molecule has 0 unspecified atom stereocenters. The Morgan fingerprint density at radius 1 is 1.78 bits per heavy atom. The summed E-state index contributed by atoms with van der Waals surface area (Å²) < 4.78 is 0. The molecule has 1 aliphatic rings. The third kappa shape index (κ3) is 1.88. The maximum Gasteiger partial charge on any atom is 0.149 e. The number of ketones is 1. The van der Waals surface area contributed by atoms with E-state index in [1.54, 1.807) is 6.92 Å². The third-order valence-electron chi connectivity index (χ3n) is 1.32. The van der Waals surface area contributed by atoms with Crippen molar-refractivity contribution in [2.45, 2.75) is 13.3 Å². The van der Waals surface area contributed by atoms with E-state index in [-0.39, 0.29) is 5.78 Å². The summed E-state index contributed by atoms with van der Waals surface area (Å²) in [5.41, 5.74) is 0. The molecule has 1 aliphatic heterocycles. The summed E-state index contributed by atoms with van der Waals surface area (Å²) in [4.78, 5) is 12.6. The zero-order valence-electron chi connectivity index (χ0n) is 5.63. The highest BCUT2D eigenvalue weighted by Crippen LogP contribution is 2.02. The minimum atomic E-state index is 0.238. The van der Waals surface area contributed by atoms with Gasteiger partial charge in [-0.25, -0.2) is 0 Å². The highest BCUT2D eigenvalue weighted by atomic mass is 16.1. The quantitative estimate of drug-likeness (QED) is 0.544. The molecular weight excluding hydrogens is 114 g/mol. The van der Waals surface area contributed by atoms with Gasteiger partial charge in [-0.1, -0.05) is 6.08 Å². The Bertz CT molecular complexity index is 140. The molecule has 9 heavy (non-hydrogen) atoms. The molecule has 0 radical (unpaired) electrons. The van der Waals surface area contributed by atoms with Crippen LogP contribution in [0.15, 0.2) is 12.3 Å². The van der Waals surface area contributed by atoms with Gasteiger partial charge in [0.25, 0.3) is 0 Å². The molecule has 0 N–H and O–H groups in total. The van der Waals surface area contributed by atoms with Gasteiger partial charge < -0.3 is 4.90 Å². The fourth-order valence-electron chi connectivity index (χ4n) is 0.956. The average molecular weight is 125 g/mol. The van der Waals surface area contributed by atoms with Gasteiger partial charge in [-0.2, -0.15) is 0 Å². The Labute approximate surface area is 55.2 Å². The van der Waals surface area contributed by atoms with Crippen LogP contribution in [0.3, 0.4) is 0 Å². The van der Waals surface area contributed by atoms with Gasteiger partial charge >= 0.3 is 0 Å². The van der Waals surface area contributed by atoms with Crippen molar-refractivity contribution in [3.8, 4) is 0 Å². The molecule has 0 amide bonds. The molecule has 2 nitrogen and oxygen atoms in total. The van der Waals surface area contributed by atoms with E-state index in [2.05, 4.69) is 6.08 Å². The van der Waals surface area contributed by atoms with Gasteiger partial charge in [0.2, 0.25) is 0 Å². The van der Waals surface area contributed by atoms with Crippen LogP contribution in [0.5, 0.6) is 0 Å². The van der Waals surface area contributed by atoms with Crippen molar-refractivity contribution in [3.05, 3.63) is 12.3 Å². The molecule has 0 spiro atoms. The van der Waals surface area contributed by atoms with Crippen LogP contribution in [0.4, 0.5) is 0 Å². The van der Waals surface area contributed by atoms with Crippen molar-refractivity contribution < 1.29 is 4.79 Å². The number of carbonyl (C=O) groups excluding carboxylic acids is 1. The zero-order chi connectivity index (χ0) is 6.69.